The van der Waals surface area contributed by atoms with Crippen molar-refractivity contribution in [2.75, 3.05) is 19.6 Å². The second-order valence-corrected chi connectivity index (χ2v) is 8.89. The molecule has 2 aliphatic carbocycles. The van der Waals surface area contributed by atoms with Gasteiger partial charge >= 0.3 is 0 Å². The summed E-state index contributed by atoms with van der Waals surface area (Å²) in [6.45, 7) is 2.67. The van der Waals surface area contributed by atoms with Gasteiger partial charge in [-0.2, -0.15) is 0 Å². The van der Waals surface area contributed by atoms with Gasteiger partial charge < -0.3 is 15.5 Å². The Morgan fingerprint density at radius 1 is 1.07 bits per heavy atom. The first-order valence-corrected chi connectivity index (χ1v) is 11.6. The van der Waals surface area contributed by atoms with Crippen molar-refractivity contribution in [3.05, 3.63) is 11.6 Å². The van der Waals surface area contributed by atoms with E-state index in [1.807, 2.05) is 0 Å². The van der Waals surface area contributed by atoms with Crippen molar-refractivity contribution < 1.29 is 4.79 Å². The SMILES string of the molecule is O=C(CCCNC(=S)NCCC1=CCCCC1)N1CCCC2CCCCC21. The zero-order valence-corrected chi connectivity index (χ0v) is 17.6. The first-order valence-electron chi connectivity index (χ1n) is 11.2. The lowest BCUT2D eigenvalue weighted by Crippen LogP contribution is -2.49. The van der Waals surface area contributed by atoms with Crippen molar-refractivity contribution in [2.45, 2.75) is 89.5 Å². The summed E-state index contributed by atoms with van der Waals surface area (Å²) in [5.74, 6) is 1.13. The third-order valence-electron chi connectivity index (χ3n) is 6.53. The second-order valence-electron chi connectivity index (χ2n) is 8.49. The van der Waals surface area contributed by atoms with Gasteiger partial charge in [-0.15, -0.1) is 0 Å². The number of allylic oxidation sites excluding steroid dienone is 1. The number of thiocarbonyl (C=S) groups is 1. The number of hydrogen-bond donors (Lipinski definition) is 2. The highest BCUT2D eigenvalue weighted by Crippen LogP contribution is 2.35. The summed E-state index contributed by atoms with van der Waals surface area (Å²) < 4.78 is 0. The average Bonchev–Trinajstić information content (AvgIpc) is 2.71. The van der Waals surface area contributed by atoms with E-state index in [2.05, 4.69) is 21.6 Å². The lowest BCUT2D eigenvalue weighted by molar-refractivity contribution is -0.137. The van der Waals surface area contributed by atoms with Gasteiger partial charge in [-0.1, -0.05) is 24.5 Å². The highest BCUT2D eigenvalue weighted by molar-refractivity contribution is 7.80. The van der Waals surface area contributed by atoms with Crippen LogP contribution in [0.1, 0.15) is 83.5 Å². The first kappa shape index (κ1) is 20.6. The van der Waals surface area contributed by atoms with Gasteiger partial charge in [0.05, 0.1) is 0 Å². The number of hydrogen-bond acceptors (Lipinski definition) is 2. The highest BCUT2D eigenvalue weighted by Gasteiger charge is 2.35. The molecule has 1 aliphatic heterocycles. The molecule has 5 heteroatoms. The molecule has 0 bridgehead atoms. The third-order valence-corrected chi connectivity index (χ3v) is 6.82. The van der Waals surface area contributed by atoms with Crippen LogP contribution in [0.15, 0.2) is 11.6 Å². The number of likely N-dealkylation sites (tertiary alicyclic amines) is 1. The molecule has 1 saturated heterocycles. The van der Waals surface area contributed by atoms with Crippen molar-refractivity contribution in [3.8, 4) is 0 Å². The number of piperidine rings is 1. The molecule has 2 unspecified atom stereocenters. The first-order chi connectivity index (χ1) is 13.2. The molecule has 0 spiro atoms. The van der Waals surface area contributed by atoms with Crippen LogP contribution in [0.3, 0.4) is 0 Å². The number of nitrogens with one attached hydrogen (secondary N) is 2. The molecule has 27 heavy (non-hydrogen) atoms. The molecular formula is C22H37N3OS. The summed E-state index contributed by atoms with van der Waals surface area (Å²) in [5.41, 5.74) is 1.57. The van der Waals surface area contributed by atoms with Crippen LogP contribution in [0.4, 0.5) is 0 Å². The molecule has 3 aliphatic rings. The Balaban J connectivity index is 1.27. The van der Waals surface area contributed by atoms with Crippen LogP contribution < -0.4 is 10.6 Å². The lowest BCUT2D eigenvalue weighted by Gasteiger charge is -2.44. The van der Waals surface area contributed by atoms with Gasteiger partial charge in [0.1, 0.15) is 0 Å². The molecule has 0 aromatic carbocycles. The van der Waals surface area contributed by atoms with Crippen molar-refractivity contribution in [1.82, 2.24) is 15.5 Å². The Hall–Kier alpha value is -1.10. The summed E-state index contributed by atoms with van der Waals surface area (Å²) >= 11 is 5.36. The molecule has 2 atom stereocenters. The molecule has 0 radical (unpaired) electrons. The summed E-state index contributed by atoms with van der Waals surface area (Å²) in [6.07, 6.45) is 17.9. The maximum absolute atomic E-state index is 12.7. The minimum atomic E-state index is 0.358. The fraction of sp³-hybridized carbons (Fsp3) is 0.818. The van der Waals surface area contributed by atoms with Crippen molar-refractivity contribution in [3.63, 3.8) is 0 Å². The van der Waals surface area contributed by atoms with Crippen LogP contribution in [0, 0.1) is 5.92 Å². The standard InChI is InChI=1S/C22H37N3OS/c26-21(25-17-7-11-19-10-4-5-12-20(19)25)13-6-15-23-22(27)24-16-14-18-8-2-1-3-9-18/h8,19-20H,1-7,9-17H2,(H2,23,24,27). The van der Waals surface area contributed by atoms with Crippen LogP contribution in [-0.4, -0.2) is 41.6 Å². The number of rotatable bonds is 7. The molecular weight excluding hydrogens is 354 g/mol. The number of carbonyl (C=O) groups excluding carboxylic acids is 1. The van der Waals surface area contributed by atoms with E-state index in [0.717, 1.165) is 43.5 Å². The maximum Gasteiger partial charge on any atom is 0.222 e. The molecule has 3 rings (SSSR count). The smallest absolute Gasteiger partial charge is 0.222 e. The topological polar surface area (TPSA) is 44.4 Å². The molecule has 0 aromatic heterocycles. The van der Waals surface area contributed by atoms with E-state index in [9.17, 15) is 4.79 Å². The quantitative estimate of drug-likeness (QED) is 0.386. The van der Waals surface area contributed by atoms with E-state index in [1.165, 1.54) is 64.2 Å². The van der Waals surface area contributed by atoms with Crippen LogP contribution >= 0.6 is 12.2 Å². The van der Waals surface area contributed by atoms with Crippen LogP contribution in [0.2, 0.25) is 0 Å². The Morgan fingerprint density at radius 3 is 2.74 bits per heavy atom. The lowest BCUT2D eigenvalue weighted by atomic mass is 9.78. The zero-order chi connectivity index (χ0) is 18.9. The predicted octanol–water partition coefficient (Wildman–Crippen LogP) is 4.30. The predicted molar refractivity (Wildman–Crippen MR) is 116 cm³/mol. The Morgan fingerprint density at radius 2 is 1.89 bits per heavy atom. The molecule has 152 valence electrons. The van der Waals surface area contributed by atoms with Crippen molar-refractivity contribution in [1.29, 1.82) is 0 Å². The van der Waals surface area contributed by atoms with E-state index in [-0.39, 0.29) is 0 Å². The molecule has 1 saturated carbocycles. The number of nitrogens with zero attached hydrogens (tertiary/aromatic N) is 1. The van der Waals surface area contributed by atoms with E-state index in [0.29, 0.717) is 18.4 Å². The summed E-state index contributed by atoms with van der Waals surface area (Å²) in [6, 6.07) is 0.532. The Bertz CT molecular complexity index is 532. The Labute approximate surface area is 170 Å². The van der Waals surface area contributed by atoms with Gasteiger partial charge in [-0.05, 0) is 82.3 Å². The van der Waals surface area contributed by atoms with Crippen molar-refractivity contribution >= 4 is 23.2 Å². The van der Waals surface area contributed by atoms with E-state index < -0.39 is 0 Å². The minimum Gasteiger partial charge on any atom is -0.363 e. The number of amides is 1. The van der Waals surface area contributed by atoms with Gasteiger partial charge in [-0.25, -0.2) is 0 Å². The molecule has 1 heterocycles. The largest absolute Gasteiger partial charge is 0.363 e. The van der Waals surface area contributed by atoms with Gasteiger partial charge in [0.2, 0.25) is 5.91 Å². The normalized spacial score (nSPS) is 25.3. The summed E-state index contributed by atoms with van der Waals surface area (Å²) in [5, 5.41) is 7.29. The average molecular weight is 392 g/mol. The van der Waals surface area contributed by atoms with Crippen LogP contribution in [-0.2, 0) is 4.79 Å². The molecule has 2 fully saturated rings. The van der Waals surface area contributed by atoms with Gasteiger partial charge in [0.15, 0.2) is 5.11 Å². The van der Waals surface area contributed by atoms with Gasteiger partial charge in [-0.3, -0.25) is 4.79 Å². The number of carbonyl (C=O) groups is 1. The number of fused-ring (bicyclic) bond motifs is 1. The Kier molecular flexibility index (Phi) is 8.43. The van der Waals surface area contributed by atoms with E-state index in [1.54, 1.807) is 5.57 Å². The van der Waals surface area contributed by atoms with E-state index >= 15 is 0 Å². The summed E-state index contributed by atoms with van der Waals surface area (Å²) in [4.78, 5) is 14.9. The van der Waals surface area contributed by atoms with E-state index in [4.69, 9.17) is 12.2 Å². The van der Waals surface area contributed by atoms with Gasteiger partial charge in [0.25, 0.3) is 0 Å². The van der Waals surface area contributed by atoms with Crippen molar-refractivity contribution in [2.24, 2.45) is 5.92 Å². The zero-order valence-electron chi connectivity index (χ0n) is 16.8. The fourth-order valence-corrected chi connectivity index (χ4v) is 5.25. The fourth-order valence-electron chi connectivity index (χ4n) is 5.05. The second kappa shape index (κ2) is 11.0. The van der Waals surface area contributed by atoms with Crippen LogP contribution in [0.25, 0.3) is 0 Å². The van der Waals surface area contributed by atoms with Gasteiger partial charge in [0, 0.05) is 32.1 Å². The minimum absolute atomic E-state index is 0.358. The molecule has 2 N–H and O–H groups in total. The molecule has 0 aromatic rings. The molecule has 1 amide bonds. The highest BCUT2D eigenvalue weighted by atomic mass is 32.1. The molecule has 4 nitrogen and oxygen atoms in total. The monoisotopic (exact) mass is 391 g/mol. The third kappa shape index (κ3) is 6.48. The van der Waals surface area contributed by atoms with Crippen LogP contribution in [0.5, 0.6) is 0 Å². The maximum atomic E-state index is 12.7. The summed E-state index contributed by atoms with van der Waals surface area (Å²) in [7, 11) is 0.